The number of amides is 1. The van der Waals surface area contributed by atoms with Gasteiger partial charge in [-0.15, -0.1) is 0 Å². The second kappa shape index (κ2) is 2.86. The van der Waals surface area contributed by atoms with Gasteiger partial charge in [-0.2, -0.15) is 0 Å². The second-order valence-electron chi connectivity index (χ2n) is 2.95. The smallest absolute Gasteiger partial charge is 0.224 e. The molecule has 1 aliphatic rings. The molecule has 0 saturated heterocycles. The summed E-state index contributed by atoms with van der Waals surface area (Å²) in [7, 11) is 0. The van der Waals surface area contributed by atoms with E-state index in [1.165, 1.54) is 0 Å². The van der Waals surface area contributed by atoms with Crippen LogP contribution in [0.15, 0.2) is 12.2 Å². The Morgan fingerprint density at radius 2 is 2.20 bits per heavy atom. The van der Waals surface area contributed by atoms with Gasteiger partial charge >= 0.3 is 0 Å². The van der Waals surface area contributed by atoms with E-state index in [2.05, 4.69) is 13.0 Å². The quantitative estimate of drug-likeness (QED) is 0.542. The minimum atomic E-state index is -0.192. The van der Waals surface area contributed by atoms with Gasteiger partial charge in [0.1, 0.15) is 0 Å². The average molecular weight is 139 g/mol. The molecular formula is C8H13NO. The van der Waals surface area contributed by atoms with Crippen LogP contribution in [-0.4, -0.2) is 5.91 Å². The lowest BCUT2D eigenvalue weighted by Crippen LogP contribution is -2.23. The minimum absolute atomic E-state index is 0.00352. The van der Waals surface area contributed by atoms with Crippen molar-refractivity contribution in [2.45, 2.75) is 19.8 Å². The van der Waals surface area contributed by atoms with Crippen LogP contribution in [-0.2, 0) is 4.79 Å². The molecule has 1 aliphatic carbocycles. The maximum atomic E-state index is 10.6. The molecule has 0 heterocycles. The highest BCUT2D eigenvalue weighted by molar-refractivity contribution is 5.78. The van der Waals surface area contributed by atoms with Crippen molar-refractivity contribution in [1.82, 2.24) is 0 Å². The summed E-state index contributed by atoms with van der Waals surface area (Å²) in [6.07, 6.45) is 6.01. The van der Waals surface area contributed by atoms with Gasteiger partial charge in [0.05, 0.1) is 5.92 Å². The summed E-state index contributed by atoms with van der Waals surface area (Å²) in [6, 6.07) is 0. The van der Waals surface area contributed by atoms with Crippen LogP contribution in [0.4, 0.5) is 0 Å². The van der Waals surface area contributed by atoms with Crippen molar-refractivity contribution in [3.05, 3.63) is 12.2 Å². The highest BCUT2D eigenvalue weighted by Crippen LogP contribution is 2.20. The summed E-state index contributed by atoms with van der Waals surface area (Å²) >= 11 is 0. The van der Waals surface area contributed by atoms with Crippen molar-refractivity contribution in [3.8, 4) is 0 Å². The van der Waals surface area contributed by atoms with Gasteiger partial charge in [0, 0.05) is 0 Å². The first kappa shape index (κ1) is 7.32. The molecule has 1 rings (SSSR count). The molecule has 10 heavy (non-hydrogen) atoms. The zero-order valence-electron chi connectivity index (χ0n) is 6.21. The molecule has 0 fully saturated rings. The molecule has 0 aromatic heterocycles. The number of allylic oxidation sites excluding steroid dienone is 1. The van der Waals surface area contributed by atoms with E-state index in [1.807, 2.05) is 6.08 Å². The Morgan fingerprint density at radius 3 is 2.60 bits per heavy atom. The van der Waals surface area contributed by atoms with E-state index >= 15 is 0 Å². The monoisotopic (exact) mass is 139 g/mol. The van der Waals surface area contributed by atoms with Gasteiger partial charge in [0.25, 0.3) is 0 Å². The highest BCUT2D eigenvalue weighted by Gasteiger charge is 2.16. The van der Waals surface area contributed by atoms with E-state index in [0.29, 0.717) is 5.92 Å². The number of nitrogens with two attached hydrogens (primary N) is 1. The summed E-state index contributed by atoms with van der Waals surface area (Å²) in [5, 5.41) is 0. The molecule has 1 amide bonds. The number of carbonyl (C=O) groups excluding carboxylic acids is 1. The van der Waals surface area contributed by atoms with Crippen molar-refractivity contribution >= 4 is 5.91 Å². The second-order valence-corrected chi connectivity index (χ2v) is 2.95. The van der Waals surface area contributed by atoms with Crippen LogP contribution < -0.4 is 5.73 Å². The Balaban J connectivity index is 2.53. The van der Waals surface area contributed by atoms with Gasteiger partial charge in [-0.25, -0.2) is 0 Å². The Bertz CT molecular complexity index is 163. The first-order valence-corrected chi connectivity index (χ1v) is 3.68. The maximum Gasteiger partial charge on any atom is 0.224 e. The van der Waals surface area contributed by atoms with E-state index in [0.717, 1.165) is 12.8 Å². The molecule has 0 spiro atoms. The number of hydrogen-bond donors (Lipinski definition) is 1. The Morgan fingerprint density at radius 1 is 1.50 bits per heavy atom. The molecule has 0 radical (unpaired) electrons. The molecule has 2 unspecified atom stereocenters. The molecular weight excluding hydrogens is 126 g/mol. The fraction of sp³-hybridized carbons (Fsp3) is 0.625. The lowest BCUT2D eigenvalue weighted by molar-refractivity contribution is -0.120. The fourth-order valence-electron chi connectivity index (χ4n) is 1.20. The van der Waals surface area contributed by atoms with Crippen LogP contribution in [0.3, 0.4) is 0 Å². The third-order valence-corrected chi connectivity index (χ3v) is 1.97. The SMILES string of the molecule is CC1C=CC(C(N)=O)CC1. The molecule has 2 N–H and O–H groups in total. The highest BCUT2D eigenvalue weighted by atomic mass is 16.1. The van der Waals surface area contributed by atoms with Gasteiger partial charge in [-0.1, -0.05) is 19.1 Å². The zero-order chi connectivity index (χ0) is 7.56. The third kappa shape index (κ3) is 1.59. The molecule has 0 saturated carbocycles. The number of hydrogen-bond acceptors (Lipinski definition) is 1. The van der Waals surface area contributed by atoms with E-state index in [9.17, 15) is 4.79 Å². The van der Waals surface area contributed by atoms with E-state index in [1.54, 1.807) is 0 Å². The molecule has 56 valence electrons. The summed E-state index contributed by atoms with van der Waals surface area (Å²) < 4.78 is 0. The molecule has 2 heteroatoms. The Labute approximate surface area is 61.1 Å². The first-order chi connectivity index (χ1) is 4.70. The largest absolute Gasteiger partial charge is 0.369 e. The van der Waals surface area contributed by atoms with Crippen LogP contribution in [0.1, 0.15) is 19.8 Å². The van der Waals surface area contributed by atoms with Crippen molar-refractivity contribution in [2.24, 2.45) is 17.6 Å². The topological polar surface area (TPSA) is 43.1 Å². The molecule has 0 bridgehead atoms. The van der Waals surface area contributed by atoms with E-state index in [-0.39, 0.29) is 11.8 Å². The van der Waals surface area contributed by atoms with Crippen LogP contribution in [0.5, 0.6) is 0 Å². The molecule has 0 aromatic carbocycles. The lowest BCUT2D eigenvalue weighted by Gasteiger charge is -2.16. The predicted molar refractivity (Wildman–Crippen MR) is 40.2 cm³/mol. The summed E-state index contributed by atoms with van der Waals surface area (Å²) in [6.45, 7) is 2.15. The van der Waals surface area contributed by atoms with E-state index < -0.39 is 0 Å². The standard InChI is InChI=1S/C8H13NO/c1-6-2-4-7(5-3-6)8(9)10/h2,4,6-7H,3,5H2,1H3,(H2,9,10). The Kier molecular flexibility index (Phi) is 2.10. The van der Waals surface area contributed by atoms with Crippen molar-refractivity contribution < 1.29 is 4.79 Å². The maximum absolute atomic E-state index is 10.6. The molecule has 0 aliphatic heterocycles. The van der Waals surface area contributed by atoms with Crippen molar-refractivity contribution in [1.29, 1.82) is 0 Å². The van der Waals surface area contributed by atoms with Crippen LogP contribution in [0.2, 0.25) is 0 Å². The fourth-order valence-corrected chi connectivity index (χ4v) is 1.20. The predicted octanol–water partition coefficient (Wildman–Crippen LogP) is 1.07. The van der Waals surface area contributed by atoms with Crippen molar-refractivity contribution in [2.75, 3.05) is 0 Å². The minimum Gasteiger partial charge on any atom is -0.369 e. The Hall–Kier alpha value is -0.790. The van der Waals surface area contributed by atoms with Gasteiger partial charge in [0.2, 0.25) is 5.91 Å². The number of rotatable bonds is 1. The third-order valence-electron chi connectivity index (χ3n) is 1.97. The van der Waals surface area contributed by atoms with Gasteiger partial charge in [0.15, 0.2) is 0 Å². The molecule has 2 nitrogen and oxygen atoms in total. The van der Waals surface area contributed by atoms with Crippen LogP contribution in [0, 0.1) is 11.8 Å². The number of carbonyl (C=O) groups is 1. The summed E-state index contributed by atoms with van der Waals surface area (Å²) in [5.41, 5.74) is 5.12. The molecule has 2 atom stereocenters. The number of primary amides is 1. The normalized spacial score (nSPS) is 32.1. The summed E-state index contributed by atoms with van der Waals surface area (Å²) in [5.74, 6) is 0.426. The molecule has 0 aromatic rings. The van der Waals surface area contributed by atoms with E-state index in [4.69, 9.17) is 5.73 Å². The van der Waals surface area contributed by atoms with Crippen LogP contribution in [0.25, 0.3) is 0 Å². The lowest BCUT2D eigenvalue weighted by atomic mass is 9.89. The first-order valence-electron chi connectivity index (χ1n) is 3.68. The van der Waals surface area contributed by atoms with Gasteiger partial charge in [-0.3, -0.25) is 4.79 Å². The van der Waals surface area contributed by atoms with Crippen LogP contribution >= 0.6 is 0 Å². The van der Waals surface area contributed by atoms with Gasteiger partial charge < -0.3 is 5.73 Å². The van der Waals surface area contributed by atoms with Gasteiger partial charge in [-0.05, 0) is 18.8 Å². The zero-order valence-corrected chi connectivity index (χ0v) is 6.21. The van der Waals surface area contributed by atoms with Crippen molar-refractivity contribution in [3.63, 3.8) is 0 Å². The average Bonchev–Trinajstić information content (AvgIpc) is 1.88. The summed E-state index contributed by atoms with van der Waals surface area (Å²) in [4.78, 5) is 10.6.